The van der Waals surface area contributed by atoms with Gasteiger partial charge in [-0.3, -0.25) is 14.4 Å². The third-order valence-electron chi connectivity index (χ3n) is 4.45. The van der Waals surface area contributed by atoms with Crippen molar-refractivity contribution in [3.05, 3.63) is 20.8 Å². The van der Waals surface area contributed by atoms with Crippen molar-refractivity contribution in [2.45, 2.75) is 52.1 Å². The summed E-state index contributed by atoms with van der Waals surface area (Å²) in [6.07, 6.45) is 2.77. The van der Waals surface area contributed by atoms with E-state index in [1.54, 1.807) is 0 Å². The molecule has 154 valence electrons. The van der Waals surface area contributed by atoms with Crippen LogP contribution in [0.4, 0.5) is 0 Å². The molecule has 2 rings (SSSR count). The van der Waals surface area contributed by atoms with Crippen LogP contribution >= 0.6 is 23.1 Å². The minimum Gasteiger partial charge on any atom is -0.355 e. The molecule has 0 saturated heterocycles. The second-order valence-corrected chi connectivity index (χ2v) is 8.99. The summed E-state index contributed by atoms with van der Waals surface area (Å²) < 4.78 is 0. The van der Waals surface area contributed by atoms with E-state index in [-0.39, 0.29) is 29.7 Å². The normalized spacial score (nSPS) is 12.1. The van der Waals surface area contributed by atoms with Gasteiger partial charge in [0.15, 0.2) is 5.16 Å². The molecule has 0 spiro atoms. The summed E-state index contributed by atoms with van der Waals surface area (Å²) in [5.74, 6) is 0.0954. The van der Waals surface area contributed by atoms with Gasteiger partial charge in [0.2, 0.25) is 11.8 Å². The molecular formula is C19H28N4O3S2. The number of thioether (sulfide) groups is 1. The van der Waals surface area contributed by atoms with Crippen molar-refractivity contribution in [2.75, 3.05) is 18.8 Å². The van der Waals surface area contributed by atoms with Crippen LogP contribution in [0.5, 0.6) is 0 Å². The van der Waals surface area contributed by atoms with E-state index >= 15 is 0 Å². The van der Waals surface area contributed by atoms with Gasteiger partial charge < -0.3 is 15.6 Å². The number of fused-ring (bicyclic) bond motifs is 1. The van der Waals surface area contributed by atoms with Crippen LogP contribution in [0.3, 0.4) is 0 Å². The Bertz CT molecular complexity index is 891. The number of thiophene rings is 1. The van der Waals surface area contributed by atoms with Gasteiger partial charge in [0.1, 0.15) is 4.83 Å². The van der Waals surface area contributed by atoms with Crippen molar-refractivity contribution < 1.29 is 9.59 Å². The van der Waals surface area contributed by atoms with Crippen LogP contribution in [0.25, 0.3) is 10.2 Å². The van der Waals surface area contributed by atoms with Gasteiger partial charge in [0.05, 0.1) is 17.7 Å². The van der Waals surface area contributed by atoms with Gasteiger partial charge in [-0.05, 0) is 31.2 Å². The van der Waals surface area contributed by atoms with E-state index in [1.807, 2.05) is 13.8 Å². The monoisotopic (exact) mass is 424 g/mol. The Morgan fingerprint density at radius 2 is 2.00 bits per heavy atom. The van der Waals surface area contributed by atoms with Crippen molar-refractivity contribution in [1.82, 2.24) is 20.6 Å². The largest absolute Gasteiger partial charge is 0.355 e. The molecule has 28 heavy (non-hydrogen) atoms. The Labute approximate surface area is 173 Å². The molecule has 0 fully saturated rings. The standard InChI is InChI=1S/C19H28N4O3S2/c1-5-7-20-14(24)9-21-15(25)10-27-19-22-17(26)16-13(8-11(3)6-2)12(4)28-18(16)23-19/h11H,5-10H2,1-4H3,(H,20,24)(H,21,25)(H,22,23,26)/t11-/m0/s1. The van der Waals surface area contributed by atoms with Crippen molar-refractivity contribution in [1.29, 1.82) is 0 Å². The number of H-pyrrole nitrogens is 1. The topological polar surface area (TPSA) is 104 Å². The van der Waals surface area contributed by atoms with Crippen LogP contribution in [-0.2, 0) is 16.0 Å². The molecule has 2 heterocycles. The van der Waals surface area contributed by atoms with Crippen LogP contribution in [-0.4, -0.2) is 40.6 Å². The molecule has 0 bridgehead atoms. The molecule has 0 saturated carbocycles. The first-order valence-corrected chi connectivity index (χ1v) is 11.3. The number of aryl methyl sites for hydroxylation is 1. The smallest absolute Gasteiger partial charge is 0.260 e. The van der Waals surface area contributed by atoms with Gasteiger partial charge in [0, 0.05) is 11.4 Å². The first-order valence-electron chi connectivity index (χ1n) is 9.54. The predicted molar refractivity (Wildman–Crippen MR) is 115 cm³/mol. The molecule has 0 aliphatic carbocycles. The van der Waals surface area contributed by atoms with Crippen LogP contribution in [0.15, 0.2) is 9.95 Å². The summed E-state index contributed by atoms with van der Waals surface area (Å²) in [6, 6.07) is 0. The van der Waals surface area contributed by atoms with E-state index in [4.69, 9.17) is 0 Å². The lowest BCUT2D eigenvalue weighted by molar-refractivity contribution is -0.124. The summed E-state index contributed by atoms with van der Waals surface area (Å²) >= 11 is 2.67. The molecule has 0 aliphatic heterocycles. The number of aromatic amines is 1. The number of hydrogen-bond donors (Lipinski definition) is 3. The van der Waals surface area contributed by atoms with E-state index in [1.165, 1.54) is 11.3 Å². The van der Waals surface area contributed by atoms with E-state index in [0.717, 1.165) is 41.5 Å². The molecule has 2 amide bonds. The average molecular weight is 425 g/mol. The number of aromatic nitrogens is 2. The van der Waals surface area contributed by atoms with Gasteiger partial charge >= 0.3 is 0 Å². The molecule has 0 radical (unpaired) electrons. The van der Waals surface area contributed by atoms with Crippen molar-refractivity contribution >= 4 is 45.1 Å². The molecule has 0 aromatic carbocycles. The van der Waals surface area contributed by atoms with Crippen molar-refractivity contribution in [2.24, 2.45) is 5.92 Å². The maximum Gasteiger partial charge on any atom is 0.260 e. The number of carbonyl (C=O) groups is 2. The fourth-order valence-corrected chi connectivity index (χ4v) is 4.45. The molecule has 2 aromatic rings. The zero-order chi connectivity index (χ0) is 20.7. The van der Waals surface area contributed by atoms with Crippen LogP contribution < -0.4 is 16.2 Å². The number of carbonyl (C=O) groups excluding carboxylic acids is 2. The zero-order valence-electron chi connectivity index (χ0n) is 16.8. The van der Waals surface area contributed by atoms with E-state index < -0.39 is 0 Å². The zero-order valence-corrected chi connectivity index (χ0v) is 18.4. The summed E-state index contributed by atoms with van der Waals surface area (Å²) in [5, 5.41) is 6.35. The Balaban J connectivity index is 2.02. The summed E-state index contributed by atoms with van der Waals surface area (Å²) in [7, 11) is 0. The maximum absolute atomic E-state index is 12.6. The number of hydrogen-bond acceptors (Lipinski definition) is 6. The Morgan fingerprint density at radius 3 is 2.68 bits per heavy atom. The van der Waals surface area contributed by atoms with E-state index in [0.29, 0.717) is 27.8 Å². The highest BCUT2D eigenvalue weighted by atomic mass is 32.2. The first kappa shape index (κ1) is 22.4. The summed E-state index contributed by atoms with van der Waals surface area (Å²) in [6.45, 7) is 8.84. The molecule has 7 nitrogen and oxygen atoms in total. The quantitative estimate of drug-likeness (QED) is 0.402. The Morgan fingerprint density at radius 1 is 1.25 bits per heavy atom. The van der Waals surface area contributed by atoms with E-state index in [9.17, 15) is 14.4 Å². The van der Waals surface area contributed by atoms with Crippen molar-refractivity contribution in [3.63, 3.8) is 0 Å². The summed E-state index contributed by atoms with van der Waals surface area (Å²) in [5.41, 5.74) is 0.921. The minimum atomic E-state index is -0.279. The van der Waals surface area contributed by atoms with E-state index in [2.05, 4.69) is 34.4 Å². The highest BCUT2D eigenvalue weighted by Crippen LogP contribution is 2.30. The third kappa shape index (κ3) is 6.07. The van der Waals surface area contributed by atoms with Gasteiger partial charge in [-0.15, -0.1) is 11.3 Å². The second kappa shape index (κ2) is 10.6. The molecular weight excluding hydrogens is 396 g/mol. The summed E-state index contributed by atoms with van der Waals surface area (Å²) in [4.78, 5) is 45.2. The number of amides is 2. The number of nitrogens with zero attached hydrogens (tertiary/aromatic N) is 1. The highest BCUT2D eigenvalue weighted by Gasteiger charge is 2.17. The van der Waals surface area contributed by atoms with Crippen LogP contribution in [0.1, 0.15) is 44.1 Å². The number of rotatable bonds is 10. The second-order valence-electron chi connectivity index (χ2n) is 6.82. The van der Waals surface area contributed by atoms with Gasteiger partial charge in [-0.1, -0.05) is 39.0 Å². The molecule has 9 heteroatoms. The first-order chi connectivity index (χ1) is 13.3. The minimum absolute atomic E-state index is 0.0501. The average Bonchev–Trinajstić information content (AvgIpc) is 2.98. The van der Waals surface area contributed by atoms with Gasteiger partial charge in [-0.25, -0.2) is 4.98 Å². The van der Waals surface area contributed by atoms with Crippen LogP contribution in [0, 0.1) is 12.8 Å². The maximum atomic E-state index is 12.6. The molecule has 3 N–H and O–H groups in total. The third-order valence-corrected chi connectivity index (χ3v) is 6.36. The highest BCUT2D eigenvalue weighted by molar-refractivity contribution is 7.99. The van der Waals surface area contributed by atoms with Crippen LogP contribution in [0.2, 0.25) is 0 Å². The SMILES string of the molecule is CCCNC(=O)CNC(=O)CSc1nc2sc(C)c(C[C@@H](C)CC)c2c(=O)[nH]1. The Hall–Kier alpha value is -1.87. The lowest BCUT2D eigenvalue weighted by Crippen LogP contribution is -2.37. The molecule has 1 atom stereocenters. The fraction of sp³-hybridized carbons (Fsp3) is 0.579. The lowest BCUT2D eigenvalue weighted by atomic mass is 9.98. The molecule has 0 unspecified atom stereocenters. The lowest BCUT2D eigenvalue weighted by Gasteiger charge is -2.08. The Kier molecular flexibility index (Phi) is 8.50. The number of nitrogens with one attached hydrogen (secondary N) is 3. The fourth-order valence-electron chi connectivity index (χ4n) is 2.65. The van der Waals surface area contributed by atoms with Gasteiger partial charge in [0.25, 0.3) is 5.56 Å². The molecule has 2 aromatic heterocycles. The van der Waals surface area contributed by atoms with Crippen molar-refractivity contribution in [3.8, 4) is 0 Å². The van der Waals surface area contributed by atoms with Gasteiger partial charge in [-0.2, -0.15) is 0 Å². The predicted octanol–water partition coefficient (Wildman–Crippen LogP) is 2.62. The molecule has 0 aliphatic rings.